The van der Waals surface area contributed by atoms with Gasteiger partial charge in [-0.25, -0.2) is 0 Å². The zero-order valence-corrected chi connectivity index (χ0v) is 12.9. The Bertz CT molecular complexity index is 486. The third-order valence-corrected chi connectivity index (χ3v) is 4.92. The fraction of sp³-hybridized carbons (Fsp3) is 0.182. The lowest BCUT2D eigenvalue weighted by atomic mass is 10.1. The van der Waals surface area contributed by atoms with E-state index >= 15 is 0 Å². The number of nitrogens with zero attached hydrogens (tertiary/aromatic N) is 1. The van der Waals surface area contributed by atoms with Crippen molar-refractivity contribution in [1.82, 2.24) is 4.98 Å². The Morgan fingerprint density at radius 1 is 1.50 bits per heavy atom. The SMILES string of the molecule is Clc1cnccc1CC(Br)c1csc(Br)c1. The van der Waals surface area contributed by atoms with Crippen LogP contribution in [0.5, 0.6) is 0 Å². The van der Waals surface area contributed by atoms with Crippen molar-refractivity contribution >= 4 is 54.8 Å². The third-order valence-electron chi connectivity index (χ3n) is 2.20. The summed E-state index contributed by atoms with van der Waals surface area (Å²) in [4.78, 5) is 4.26. The lowest BCUT2D eigenvalue weighted by Crippen LogP contribution is -1.95. The van der Waals surface area contributed by atoms with E-state index in [1.807, 2.05) is 6.07 Å². The summed E-state index contributed by atoms with van der Waals surface area (Å²) in [6.07, 6.45) is 4.31. The van der Waals surface area contributed by atoms with Crippen LogP contribution in [0.4, 0.5) is 0 Å². The molecule has 16 heavy (non-hydrogen) atoms. The number of alkyl halides is 1. The number of halogens is 3. The fourth-order valence-corrected chi connectivity index (χ4v) is 3.58. The molecular weight excluding hydrogens is 373 g/mol. The maximum atomic E-state index is 6.07. The molecule has 0 amide bonds. The van der Waals surface area contributed by atoms with Crippen LogP contribution in [-0.4, -0.2) is 4.98 Å². The molecule has 0 saturated carbocycles. The van der Waals surface area contributed by atoms with E-state index in [1.165, 1.54) is 5.56 Å². The molecule has 0 aliphatic carbocycles. The maximum Gasteiger partial charge on any atom is 0.0701 e. The standard InChI is InChI=1S/C11H8Br2ClNS/c12-9(8-4-11(13)16-6-8)3-7-1-2-15-5-10(7)14/h1-2,4-6,9H,3H2. The van der Waals surface area contributed by atoms with E-state index in [9.17, 15) is 0 Å². The van der Waals surface area contributed by atoms with E-state index < -0.39 is 0 Å². The lowest BCUT2D eigenvalue weighted by molar-refractivity contribution is 0.949. The van der Waals surface area contributed by atoms with Crippen LogP contribution in [-0.2, 0) is 6.42 Å². The van der Waals surface area contributed by atoms with Crippen LogP contribution in [0, 0.1) is 0 Å². The van der Waals surface area contributed by atoms with Gasteiger partial charge in [0, 0.05) is 17.2 Å². The summed E-state index contributed by atoms with van der Waals surface area (Å²) >= 11 is 14.9. The number of hydrogen-bond acceptors (Lipinski definition) is 2. The van der Waals surface area contributed by atoms with Crippen LogP contribution < -0.4 is 0 Å². The van der Waals surface area contributed by atoms with Gasteiger partial charge in [-0.05, 0) is 51.0 Å². The summed E-state index contributed by atoms with van der Waals surface area (Å²) in [6, 6.07) is 4.08. The Labute approximate surface area is 120 Å². The van der Waals surface area contributed by atoms with E-state index in [4.69, 9.17) is 11.6 Å². The number of rotatable bonds is 3. The molecule has 0 bridgehead atoms. The molecular formula is C11H8Br2ClNS. The van der Waals surface area contributed by atoms with Crippen molar-refractivity contribution in [2.45, 2.75) is 11.2 Å². The molecule has 5 heteroatoms. The van der Waals surface area contributed by atoms with Gasteiger partial charge < -0.3 is 0 Å². The van der Waals surface area contributed by atoms with Gasteiger partial charge >= 0.3 is 0 Å². The summed E-state index contributed by atoms with van der Waals surface area (Å²) in [6.45, 7) is 0. The molecule has 0 radical (unpaired) electrons. The first-order valence-corrected chi connectivity index (χ1v) is 7.60. The van der Waals surface area contributed by atoms with Gasteiger partial charge in [0.15, 0.2) is 0 Å². The number of pyridine rings is 1. The Hall–Kier alpha value is 0.1000. The number of hydrogen-bond donors (Lipinski definition) is 0. The minimum absolute atomic E-state index is 0.287. The lowest BCUT2D eigenvalue weighted by Gasteiger charge is -2.08. The topological polar surface area (TPSA) is 12.9 Å². The smallest absolute Gasteiger partial charge is 0.0701 e. The van der Waals surface area contributed by atoms with E-state index in [1.54, 1.807) is 23.7 Å². The predicted molar refractivity (Wildman–Crippen MR) is 76.6 cm³/mol. The molecule has 0 aromatic carbocycles. The summed E-state index contributed by atoms with van der Waals surface area (Å²) in [5.41, 5.74) is 2.38. The molecule has 0 aliphatic heterocycles. The van der Waals surface area contributed by atoms with E-state index in [2.05, 4.69) is 48.3 Å². The first-order valence-electron chi connectivity index (χ1n) is 4.63. The van der Waals surface area contributed by atoms with Crippen molar-refractivity contribution in [3.63, 3.8) is 0 Å². The van der Waals surface area contributed by atoms with Gasteiger partial charge in [-0.1, -0.05) is 27.5 Å². The van der Waals surface area contributed by atoms with Crippen LogP contribution in [0.1, 0.15) is 16.0 Å². The molecule has 84 valence electrons. The van der Waals surface area contributed by atoms with E-state index in [0.29, 0.717) is 0 Å². The molecule has 2 heterocycles. The van der Waals surface area contributed by atoms with Crippen molar-refractivity contribution < 1.29 is 0 Å². The summed E-state index contributed by atoms with van der Waals surface area (Å²) < 4.78 is 1.15. The monoisotopic (exact) mass is 379 g/mol. The van der Waals surface area contributed by atoms with E-state index in [-0.39, 0.29) is 4.83 Å². The summed E-state index contributed by atoms with van der Waals surface area (Å²) in [5.74, 6) is 0. The molecule has 0 saturated heterocycles. The average Bonchev–Trinajstić information content (AvgIpc) is 2.68. The maximum absolute atomic E-state index is 6.07. The highest BCUT2D eigenvalue weighted by molar-refractivity contribution is 9.11. The first-order chi connectivity index (χ1) is 7.66. The predicted octanol–water partition coefficient (Wildman–Crippen LogP) is 5.24. The minimum atomic E-state index is 0.287. The first kappa shape index (κ1) is 12.6. The molecule has 0 fully saturated rings. The zero-order chi connectivity index (χ0) is 11.5. The quantitative estimate of drug-likeness (QED) is 0.663. The van der Waals surface area contributed by atoms with Gasteiger partial charge in [0.2, 0.25) is 0 Å². The second-order valence-corrected chi connectivity index (χ2v) is 7.13. The minimum Gasteiger partial charge on any atom is -0.263 e. The second kappa shape index (κ2) is 5.63. The Morgan fingerprint density at radius 2 is 2.31 bits per heavy atom. The highest BCUT2D eigenvalue weighted by Crippen LogP contribution is 2.33. The van der Waals surface area contributed by atoms with Crippen LogP contribution in [0.2, 0.25) is 5.02 Å². The van der Waals surface area contributed by atoms with Gasteiger partial charge in [-0.2, -0.15) is 0 Å². The summed E-state index contributed by atoms with van der Waals surface area (Å²) in [5, 5.41) is 2.86. The molecule has 0 aliphatic rings. The van der Waals surface area contributed by atoms with Crippen LogP contribution >= 0.6 is 54.8 Å². The molecule has 1 atom stereocenters. The molecule has 0 spiro atoms. The van der Waals surface area contributed by atoms with Crippen molar-refractivity contribution in [2.24, 2.45) is 0 Å². The number of thiophene rings is 1. The highest BCUT2D eigenvalue weighted by Gasteiger charge is 2.12. The van der Waals surface area contributed by atoms with Gasteiger partial charge in [-0.15, -0.1) is 11.3 Å². The van der Waals surface area contributed by atoms with Crippen LogP contribution in [0.15, 0.2) is 33.7 Å². The third kappa shape index (κ3) is 3.06. The van der Waals surface area contributed by atoms with E-state index in [0.717, 1.165) is 20.8 Å². The van der Waals surface area contributed by atoms with Crippen LogP contribution in [0.25, 0.3) is 0 Å². The fourth-order valence-electron chi connectivity index (χ4n) is 1.37. The van der Waals surface area contributed by atoms with Crippen molar-refractivity contribution in [3.8, 4) is 0 Å². The molecule has 2 rings (SSSR count). The second-order valence-electron chi connectivity index (χ2n) is 3.32. The Kier molecular flexibility index (Phi) is 4.41. The number of aromatic nitrogens is 1. The zero-order valence-electron chi connectivity index (χ0n) is 8.16. The molecule has 2 aromatic rings. The average molecular weight is 382 g/mol. The van der Waals surface area contributed by atoms with Crippen molar-refractivity contribution in [2.75, 3.05) is 0 Å². The van der Waals surface area contributed by atoms with Gasteiger partial charge in [0.1, 0.15) is 0 Å². The van der Waals surface area contributed by atoms with Gasteiger partial charge in [-0.3, -0.25) is 4.98 Å². The highest BCUT2D eigenvalue weighted by atomic mass is 79.9. The van der Waals surface area contributed by atoms with Crippen molar-refractivity contribution in [1.29, 1.82) is 0 Å². The molecule has 0 N–H and O–H groups in total. The van der Waals surface area contributed by atoms with Crippen LogP contribution in [0.3, 0.4) is 0 Å². The normalized spacial score (nSPS) is 12.7. The molecule has 1 nitrogen and oxygen atoms in total. The summed E-state index contributed by atoms with van der Waals surface area (Å²) in [7, 11) is 0. The van der Waals surface area contributed by atoms with Gasteiger partial charge in [0.25, 0.3) is 0 Å². The Balaban J connectivity index is 2.13. The Morgan fingerprint density at radius 3 is 2.94 bits per heavy atom. The van der Waals surface area contributed by atoms with Crippen molar-refractivity contribution in [3.05, 3.63) is 49.8 Å². The van der Waals surface area contributed by atoms with Gasteiger partial charge in [0.05, 0.1) is 8.81 Å². The molecule has 1 unspecified atom stereocenters. The molecule has 2 aromatic heterocycles. The largest absolute Gasteiger partial charge is 0.263 e.